The van der Waals surface area contributed by atoms with E-state index in [0.717, 1.165) is 35.7 Å². The quantitative estimate of drug-likeness (QED) is 0.468. The van der Waals surface area contributed by atoms with Crippen LogP contribution < -0.4 is 11.1 Å². The molecule has 2 N–H and O–H groups in total. The Labute approximate surface area is 194 Å². The number of anilines is 1. The molecule has 0 unspecified atom stereocenters. The van der Waals surface area contributed by atoms with Crippen LogP contribution in [0.3, 0.4) is 0 Å². The van der Waals surface area contributed by atoms with E-state index in [1.54, 1.807) is 35.2 Å². The number of nitrogens with one attached hydrogen (secondary N) is 2. The van der Waals surface area contributed by atoms with E-state index in [1.807, 2.05) is 13.0 Å². The van der Waals surface area contributed by atoms with E-state index in [-0.39, 0.29) is 18.4 Å². The van der Waals surface area contributed by atoms with E-state index in [1.165, 1.54) is 4.57 Å². The molecule has 1 aliphatic rings. The van der Waals surface area contributed by atoms with Gasteiger partial charge in [-0.15, -0.1) is 0 Å². The molecule has 0 saturated carbocycles. The molecule has 1 saturated heterocycles. The van der Waals surface area contributed by atoms with E-state index in [9.17, 15) is 14.4 Å². The zero-order valence-corrected chi connectivity index (χ0v) is 18.9. The molecule has 2 aromatic heterocycles. The number of hydrogen-bond donors (Lipinski definition) is 2. The molecule has 9 heteroatoms. The number of carbonyl (C=O) groups is 2. The number of halogens is 1. The minimum Gasteiger partial charge on any atom is -0.408 e. The number of piperidine rings is 1. The third kappa shape index (κ3) is 4.02. The fraction of sp³-hybridized carbons (Fsp3) is 0.292. The molecule has 33 heavy (non-hydrogen) atoms. The average Bonchev–Trinajstić information content (AvgIpc) is 3.39. The second-order valence-corrected chi connectivity index (χ2v) is 8.76. The first-order valence-corrected chi connectivity index (χ1v) is 11.3. The fourth-order valence-electron chi connectivity index (χ4n) is 4.31. The summed E-state index contributed by atoms with van der Waals surface area (Å²) in [7, 11) is 0. The maximum absolute atomic E-state index is 12.9. The average molecular weight is 467 g/mol. The van der Waals surface area contributed by atoms with Crippen molar-refractivity contribution in [2.75, 3.05) is 18.4 Å². The third-order valence-corrected chi connectivity index (χ3v) is 6.59. The summed E-state index contributed by atoms with van der Waals surface area (Å²) >= 11 is 6.19. The van der Waals surface area contributed by atoms with E-state index < -0.39 is 5.76 Å². The lowest BCUT2D eigenvalue weighted by molar-refractivity contribution is -0.132. The normalized spacial score (nSPS) is 14.2. The van der Waals surface area contributed by atoms with Crippen LogP contribution in [0.2, 0.25) is 5.02 Å². The summed E-state index contributed by atoms with van der Waals surface area (Å²) in [6, 6.07) is 10.3. The number of benzene rings is 2. The van der Waals surface area contributed by atoms with Gasteiger partial charge in [0.25, 0.3) is 5.91 Å². The van der Waals surface area contributed by atoms with Crippen molar-refractivity contribution in [1.29, 1.82) is 0 Å². The molecule has 0 aliphatic carbocycles. The van der Waals surface area contributed by atoms with Crippen molar-refractivity contribution in [1.82, 2.24) is 14.5 Å². The largest absolute Gasteiger partial charge is 0.420 e. The highest BCUT2D eigenvalue weighted by molar-refractivity contribution is 6.32. The van der Waals surface area contributed by atoms with Gasteiger partial charge in [-0.2, -0.15) is 0 Å². The molecule has 0 radical (unpaired) electrons. The Balaban J connectivity index is 1.40. The van der Waals surface area contributed by atoms with Crippen LogP contribution >= 0.6 is 11.6 Å². The van der Waals surface area contributed by atoms with Crippen molar-refractivity contribution in [2.24, 2.45) is 0 Å². The molecule has 0 spiro atoms. The van der Waals surface area contributed by atoms with Gasteiger partial charge in [0.1, 0.15) is 12.2 Å². The number of aromatic nitrogens is 2. The number of oxazole rings is 1. The number of H-pyrrole nitrogens is 1. The maximum atomic E-state index is 12.9. The van der Waals surface area contributed by atoms with Gasteiger partial charge in [-0.3, -0.25) is 14.2 Å². The number of rotatable bonds is 4. The van der Waals surface area contributed by atoms with Crippen molar-refractivity contribution in [3.05, 3.63) is 63.2 Å². The predicted octanol–water partition coefficient (Wildman–Crippen LogP) is 4.30. The summed E-state index contributed by atoms with van der Waals surface area (Å²) in [5.74, 6) is -1.04. The summed E-state index contributed by atoms with van der Waals surface area (Å²) in [5, 5.41) is 4.36. The van der Waals surface area contributed by atoms with Crippen molar-refractivity contribution in [2.45, 2.75) is 32.7 Å². The molecule has 0 bridgehead atoms. The molecule has 4 aromatic rings. The molecule has 1 fully saturated rings. The first-order valence-electron chi connectivity index (χ1n) is 10.9. The van der Waals surface area contributed by atoms with E-state index >= 15 is 0 Å². The summed E-state index contributed by atoms with van der Waals surface area (Å²) < 4.78 is 6.62. The molecule has 3 heterocycles. The van der Waals surface area contributed by atoms with Gasteiger partial charge in [0.2, 0.25) is 5.91 Å². The standard InChI is InChI=1S/C24H23ClN4O4/c1-14-16-12-19(27-18(16)7-6-17(14)25)23(31)26-15-5-8-21-20(11-15)29(24(32)33-21)13-22(30)28-9-3-2-4-10-28/h5-8,11-12,27H,2-4,9-10,13H2,1H3,(H,26,31). The molecular weight excluding hydrogens is 444 g/mol. The molecule has 5 rings (SSSR count). The number of likely N-dealkylation sites (tertiary alicyclic amines) is 1. The lowest BCUT2D eigenvalue weighted by Gasteiger charge is -2.26. The maximum Gasteiger partial charge on any atom is 0.420 e. The predicted molar refractivity (Wildman–Crippen MR) is 127 cm³/mol. The van der Waals surface area contributed by atoms with Gasteiger partial charge in [0.15, 0.2) is 5.58 Å². The van der Waals surface area contributed by atoms with Gasteiger partial charge in [0.05, 0.1) is 5.52 Å². The van der Waals surface area contributed by atoms with Crippen LogP contribution in [-0.2, 0) is 11.3 Å². The van der Waals surface area contributed by atoms with Crippen molar-refractivity contribution < 1.29 is 14.0 Å². The summed E-state index contributed by atoms with van der Waals surface area (Å²) in [6.07, 6.45) is 3.06. The number of amides is 2. The van der Waals surface area contributed by atoms with E-state index in [2.05, 4.69) is 10.3 Å². The van der Waals surface area contributed by atoms with Crippen LogP contribution in [-0.4, -0.2) is 39.4 Å². The smallest absolute Gasteiger partial charge is 0.408 e. The highest BCUT2D eigenvalue weighted by atomic mass is 35.5. The van der Waals surface area contributed by atoms with Crippen molar-refractivity contribution in [3.8, 4) is 0 Å². The highest BCUT2D eigenvalue weighted by Crippen LogP contribution is 2.26. The number of hydrogen-bond acceptors (Lipinski definition) is 4. The molecule has 0 atom stereocenters. The van der Waals surface area contributed by atoms with Gasteiger partial charge in [-0.1, -0.05) is 11.6 Å². The van der Waals surface area contributed by atoms with Crippen LogP contribution in [0, 0.1) is 6.92 Å². The van der Waals surface area contributed by atoms with Crippen LogP contribution in [0.15, 0.2) is 45.6 Å². The Morgan fingerprint density at radius 3 is 2.70 bits per heavy atom. The number of aryl methyl sites for hydroxylation is 1. The van der Waals surface area contributed by atoms with Crippen molar-refractivity contribution in [3.63, 3.8) is 0 Å². The molecule has 2 amide bonds. The molecule has 2 aromatic carbocycles. The van der Waals surface area contributed by atoms with Crippen LogP contribution in [0.5, 0.6) is 0 Å². The summed E-state index contributed by atoms with van der Waals surface area (Å²) in [5.41, 5.74) is 3.41. The number of carbonyl (C=O) groups excluding carboxylic acids is 2. The minimum atomic E-state index is -0.596. The summed E-state index contributed by atoms with van der Waals surface area (Å²) in [6.45, 7) is 3.22. The van der Waals surface area contributed by atoms with Crippen LogP contribution in [0.4, 0.5) is 5.69 Å². The first kappa shape index (κ1) is 21.3. The topological polar surface area (TPSA) is 100 Å². The first-order chi connectivity index (χ1) is 15.9. The Morgan fingerprint density at radius 2 is 1.91 bits per heavy atom. The van der Waals surface area contributed by atoms with Gasteiger partial charge < -0.3 is 19.6 Å². The van der Waals surface area contributed by atoms with Gasteiger partial charge >= 0.3 is 5.76 Å². The SMILES string of the molecule is Cc1c(Cl)ccc2[nH]c(C(=O)Nc3ccc4oc(=O)n(CC(=O)N5CCCCC5)c4c3)cc12. The van der Waals surface area contributed by atoms with Crippen LogP contribution in [0.1, 0.15) is 35.3 Å². The number of fused-ring (bicyclic) bond motifs is 2. The summed E-state index contributed by atoms with van der Waals surface area (Å²) in [4.78, 5) is 42.8. The van der Waals surface area contributed by atoms with Gasteiger partial charge in [-0.25, -0.2) is 4.79 Å². The molecule has 8 nitrogen and oxygen atoms in total. The minimum absolute atomic E-state index is 0.0920. The van der Waals surface area contributed by atoms with Crippen molar-refractivity contribution >= 4 is 51.1 Å². The Morgan fingerprint density at radius 1 is 1.12 bits per heavy atom. The zero-order chi connectivity index (χ0) is 23.1. The second-order valence-electron chi connectivity index (χ2n) is 8.35. The van der Waals surface area contributed by atoms with E-state index in [0.29, 0.717) is 40.6 Å². The monoisotopic (exact) mass is 466 g/mol. The zero-order valence-electron chi connectivity index (χ0n) is 18.1. The third-order valence-electron chi connectivity index (χ3n) is 6.18. The lowest BCUT2D eigenvalue weighted by Crippen LogP contribution is -2.39. The Kier molecular flexibility index (Phi) is 5.46. The van der Waals surface area contributed by atoms with Crippen LogP contribution in [0.25, 0.3) is 22.0 Å². The number of aromatic amines is 1. The van der Waals surface area contributed by atoms with E-state index in [4.69, 9.17) is 16.0 Å². The lowest BCUT2D eigenvalue weighted by atomic mass is 10.1. The molecular formula is C24H23ClN4O4. The highest BCUT2D eigenvalue weighted by Gasteiger charge is 2.20. The molecule has 170 valence electrons. The second kappa shape index (κ2) is 8.44. The van der Waals surface area contributed by atoms with Gasteiger partial charge in [0, 0.05) is 34.7 Å². The Bertz CT molecular complexity index is 1440. The molecule has 1 aliphatic heterocycles. The number of nitrogens with zero attached hydrogens (tertiary/aromatic N) is 2. The van der Waals surface area contributed by atoms with Gasteiger partial charge in [-0.05, 0) is 68.1 Å². The Hall–Kier alpha value is -3.52. The fourth-order valence-corrected chi connectivity index (χ4v) is 4.48.